The second-order valence-corrected chi connectivity index (χ2v) is 6.45. The van der Waals surface area contributed by atoms with Crippen LogP contribution in [0, 0.1) is 18.8 Å². The van der Waals surface area contributed by atoms with E-state index in [0.717, 1.165) is 31.1 Å². The number of rotatable bonds is 1. The number of aromatic nitrogens is 1. The van der Waals surface area contributed by atoms with E-state index < -0.39 is 0 Å². The van der Waals surface area contributed by atoms with Crippen molar-refractivity contribution in [2.24, 2.45) is 11.8 Å². The topological polar surface area (TPSA) is 25.2 Å². The Hall–Kier alpha value is -0.760. The van der Waals surface area contributed by atoms with E-state index in [1.54, 1.807) is 0 Å². The zero-order chi connectivity index (χ0) is 12.9. The van der Waals surface area contributed by atoms with Crippen LogP contribution in [0.5, 0.6) is 0 Å². The molecule has 18 heavy (non-hydrogen) atoms. The van der Waals surface area contributed by atoms with Crippen LogP contribution in [0.4, 0.5) is 0 Å². The molecule has 0 spiro atoms. The van der Waals surface area contributed by atoms with Gasteiger partial charge in [0.2, 0.25) is 0 Å². The lowest BCUT2D eigenvalue weighted by molar-refractivity contribution is 0.155. The second kappa shape index (κ2) is 4.41. The monoisotopic (exact) mass is 247 g/mol. The summed E-state index contributed by atoms with van der Waals surface area (Å²) in [4.78, 5) is 0. The van der Waals surface area contributed by atoms with Crippen LogP contribution in [0.3, 0.4) is 0 Å². The average molecular weight is 247 g/mol. The molecule has 0 bridgehead atoms. The average Bonchev–Trinajstić information content (AvgIpc) is 2.83. The van der Waals surface area contributed by atoms with Crippen molar-refractivity contribution in [2.75, 3.05) is 0 Å². The van der Waals surface area contributed by atoms with Crippen LogP contribution in [0.2, 0.25) is 0 Å². The lowest BCUT2D eigenvalue weighted by atomic mass is 9.94. The molecule has 1 N–H and O–H groups in total. The van der Waals surface area contributed by atoms with Crippen molar-refractivity contribution in [1.82, 2.24) is 4.57 Å². The van der Waals surface area contributed by atoms with E-state index in [1.807, 2.05) is 0 Å². The fourth-order valence-electron chi connectivity index (χ4n) is 4.07. The quantitative estimate of drug-likeness (QED) is 0.803. The molecule has 2 aliphatic carbocycles. The van der Waals surface area contributed by atoms with Crippen molar-refractivity contribution in [3.8, 4) is 0 Å². The highest BCUT2D eigenvalue weighted by Gasteiger charge is 2.34. The summed E-state index contributed by atoms with van der Waals surface area (Å²) in [6.07, 6.45) is 5.66. The smallest absolute Gasteiger partial charge is 0.0807 e. The maximum absolute atomic E-state index is 10.1. The summed E-state index contributed by atoms with van der Waals surface area (Å²) in [7, 11) is 0. The van der Waals surface area contributed by atoms with Crippen molar-refractivity contribution < 1.29 is 5.11 Å². The van der Waals surface area contributed by atoms with Gasteiger partial charge < -0.3 is 9.67 Å². The van der Waals surface area contributed by atoms with Gasteiger partial charge in [-0.25, -0.2) is 0 Å². The van der Waals surface area contributed by atoms with E-state index in [-0.39, 0.29) is 6.10 Å². The van der Waals surface area contributed by atoms with E-state index >= 15 is 0 Å². The summed E-state index contributed by atoms with van der Waals surface area (Å²) in [6, 6.07) is 2.89. The zero-order valence-corrected chi connectivity index (χ0v) is 11.8. The Balaban J connectivity index is 2.02. The van der Waals surface area contributed by atoms with Crippen LogP contribution in [0.25, 0.3) is 0 Å². The first-order valence-electron chi connectivity index (χ1n) is 7.48. The molecule has 2 heteroatoms. The molecule has 4 unspecified atom stereocenters. The minimum Gasteiger partial charge on any atom is -0.388 e. The Morgan fingerprint density at radius 2 is 2.00 bits per heavy atom. The Morgan fingerprint density at radius 1 is 1.22 bits per heavy atom. The molecule has 1 aromatic heterocycles. The van der Waals surface area contributed by atoms with Gasteiger partial charge in [-0.15, -0.1) is 0 Å². The van der Waals surface area contributed by atoms with Crippen molar-refractivity contribution >= 4 is 0 Å². The molecular weight excluding hydrogens is 222 g/mol. The summed E-state index contributed by atoms with van der Waals surface area (Å²) < 4.78 is 2.56. The Bertz CT molecular complexity index is 448. The van der Waals surface area contributed by atoms with E-state index in [1.165, 1.54) is 29.8 Å². The first-order chi connectivity index (χ1) is 8.59. The summed E-state index contributed by atoms with van der Waals surface area (Å²) >= 11 is 0. The van der Waals surface area contributed by atoms with Gasteiger partial charge in [0.05, 0.1) is 6.10 Å². The lowest BCUT2D eigenvalue weighted by Gasteiger charge is -2.27. The van der Waals surface area contributed by atoms with Gasteiger partial charge in [-0.3, -0.25) is 0 Å². The Kier molecular flexibility index (Phi) is 3.01. The SMILES string of the molecule is Cc1cc2c(n1C1CCC(C)C1C)CCCC2O. The van der Waals surface area contributed by atoms with Crippen molar-refractivity contribution in [3.05, 3.63) is 23.0 Å². The molecule has 1 fully saturated rings. The minimum atomic E-state index is -0.220. The predicted octanol–water partition coefficient (Wildman–Crippen LogP) is 3.77. The van der Waals surface area contributed by atoms with E-state index in [2.05, 4.69) is 31.4 Å². The van der Waals surface area contributed by atoms with Gasteiger partial charge >= 0.3 is 0 Å². The summed E-state index contributed by atoms with van der Waals surface area (Å²) in [5.41, 5.74) is 4.00. The minimum absolute atomic E-state index is 0.220. The van der Waals surface area contributed by atoms with Crippen molar-refractivity contribution in [1.29, 1.82) is 0 Å². The van der Waals surface area contributed by atoms with Gasteiger partial charge in [0.25, 0.3) is 0 Å². The molecule has 0 amide bonds. The van der Waals surface area contributed by atoms with Gasteiger partial charge in [0, 0.05) is 23.0 Å². The Labute approximate surface area is 110 Å². The van der Waals surface area contributed by atoms with Crippen LogP contribution in [0.1, 0.15) is 68.6 Å². The van der Waals surface area contributed by atoms with E-state index in [9.17, 15) is 5.11 Å². The molecule has 100 valence electrons. The van der Waals surface area contributed by atoms with Crippen LogP contribution >= 0.6 is 0 Å². The number of aliphatic hydroxyl groups is 1. The number of fused-ring (bicyclic) bond motifs is 1. The van der Waals surface area contributed by atoms with Gasteiger partial charge in [-0.2, -0.15) is 0 Å². The fraction of sp³-hybridized carbons (Fsp3) is 0.750. The fourth-order valence-corrected chi connectivity index (χ4v) is 4.07. The Morgan fingerprint density at radius 3 is 2.67 bits per heavy atom. The van der Waals surface area contributed by atoms with Gasteiger partial charge in [-0.05, 0) is 56.9 Å². The number of nitrogens with zero attached hydrogens (tertiary/aromatic N) is 1. The third-order valence-corrected chi connectivity index (χ3v) is 5.37. The van der Waals surface area contributed by atoms with Crippen molar-refractivity contribution in [2.45, 2.75) is 65.0 Å². The van der Waals surface area contributed by atoms with Crippen LogP contribution in [0.15, 0.2) is 6.07 Å². The molecule has 4 atom stereocenters. The third kappa shape index (κ3) is 1.73. The van der Waals surface area contributed by atoms with Gasteiger partial charge in [0.15, 0.2) is 0 Å². The third-order valence-electron chi connectivity index (χ3n) is 5.37. The van der Waals surface area contributed by atoms with E-state index in [0.29, 0.717) is 6.04 Å². The molecular formula is C16H25NO. The van der Waals surface area contributed by atoms with Crippen LogP contribution in [-0.4, -0.2) is 9.67 Å². The molecule has 1 heterocycles. The normalized spacial score (nSPS) is 35.8. The highest BCUT2D eigenvalue weighted by Crippen LogP contribution is 2.43. The lowest BCUT2D eigenvalue weighted by Crippen LogP contribution is -2.20. The maximum Gasteiger partial charge on any atom is 0.0807 e. The van der Waals surface area contributed by atoms with Crippen LogP contribution < -0.4 is 0 Å². The first kappa shape index (κ1) is 12.3. The highest BCUT2D eigenvalue weighted by atomic mass is 16.3. The number of hydrogen-bond acceptors (Lipinski definition) is 1. The largest absolute Gasteiger partial charge is 0.388 e. The zero-order valence-electron chi connectivity index (χ0n) is 11.8. The second-order valence-electron chi connectivity index (χ2n) is 6.45. The highest BCUT2D eigenvalue weighted by molar-refractivity contribution is 5.32. The summed E-state index contributed by atoms with van der Waals surface area (Å²) in [5.74, 6) is 1.60. The molecule has 2 nitrogen and oxygen atoms in total. The molecule has 1 saturated carbocycles. The molecule has 2 aliphatic rings. The molecule has 1 aromatic rings. The van der Waals surface area contributed by atoms with Gasteiger partial charge in [-0.1, -0.05) is 13.8 Å². The number of aryl methyl sites for hydroxylation is 1. The molecule has 0 aliphatic heterocycles. The maximum atomic E-state index is 10.1. The summed E-state index contributed by atoms with van der Waals surface area (Å²) in [5, 5.41) is 10.1. The van der Waals surface area contributed by atoms with Crippen LogP contribution in [-0.2, 0) is 6.42 Å². The molecule has 0 saturated heterocycles. The predicted molar refractivity (Wildman–Crippen MR) is 73.7 cm³/mol. The van der Waals surface area contributed by atoms with Gasteiger partial charge in [0.1, 0.15) is 0 Å². The number of aliphatic hydroxyl groups excluding tert-OH is 1. The standard InChI is InChI=1S/C16H25NO/c1-10-7-8-14(12(10)3)17-11(2)9-13-15(17)5-4-6-16(13)18/h9-10,12,14,16,18H,4-8H2,1-3H3. The van der Waals surface area contributed by atoms with E-state index in [4.69, 9.17) is 0 Å². The van der Waals surface area contributed by atoms with Crippen molar-refractivity contribution in [3.63, 3.8) is 0 Å². The molecule has 0 aromatic carbocycles. The first-order valence-corrected chi connectivity index (χ1v) is 7.48. The number of hydrogen-bond donors (Lipinski definition) is 1. The summed E-state index contributed by atoms with van der Waals surface area (Å²) in [6.45, 7) is 6.99. The molecule has 0 radical (unpaired) electrons. The molecule has 3 rings (SSSR count).